The van der Waals surface area contributed by atoms with Crippen LogP contribution in [0.1, 0.15) is 103 Å². The number of nitrogens with zero attached hydrogens (tertiary/aromatic N) is 1. The van der Waals surface area contributed by atoms with Gasteiger partial charge in [-0.2, -0.15) is 4.65 Å². The quantitative estimate of drug-likeness (QED) is 0.119. The zero-order chi connectivity index (χ0) is 21.8. The van der Waals surface area contributed by atoms with Crippen molar-refractivity contribution in [3.8, 4) is 0 Å². The van der Waals surface area contributed by atoms with Gasteiger partial charge in [-0.1, -0.05) is 50.7 Å². The predicted molar refractivity (Wildman–Crippen MR) is 121 cm³/mol. The highest BCUT2D eigenvalue weighted by Crippen LogP contribution is 2.10. The molecule has 0 heterocycles. The van der Waals surface area contributed by atoms with E-state index < -0.39 is 0 Å². The molecule has 0 aliphatic rings. The van der Waals surface area contributed by atoms with Crippen molar-refractivity contribution < 1.29 is 19.4 Å². The maximum absolute atomic E-state index is 11.7. The maximum atomic E-state index is 11.7. The van der Waals surface area contributed by atoms with E-state index in [1.165, 1.54) is 57.8 Å². The van der Waals surface area contributed by atoms with Crippen molar-refractivity contribution in [2.45, 2.75) is 103 Å². The van der Waals surface area contributed by atoms with Crippen molar-refractivity contribution in [3.63, 3.8) is 0 Å². The molecule has 5 heteroatoms. The average molecular weight is 412 g/mol. The third-order valence-corrected chi connectivity index (χ3v) is 5.05. The van der Waals surface area contributed by atoms with E-state index in [4.69, 9.17) is 0 Å². The summed E-state index contributed by atoms with van der Waals surface area (Å²) >= 11 is 0. The summed E-state index contributed by atoms with van der Waals surface area (Å²) in [5.41, 5.74) is 0. The molecule has 2 N–H and O–H groups in total. The van der Waals surface area contributed by atoms with Gasteiger partial charge in [-0.3, -0.25) is 4.79 Å². The van der Waals surface area contributed by atoms with Gasteiger partial charge in [-0.25, -0.2) is 5.21 Å². The average Bonchev–Trinajstić information content (AvgIpc) is 2.64. The van der Waals surface area contributed by atoms with Gasteiger partial charge < -0.3 is 10.1 Å². The fourth-order valence-corrected chi connectivity index (χ4v) is 3.26. The predicted octanol–water partition coefficient (Wildman–Crippen LogP) is 5.56. The van der Waals surface area contributed by atoms with Crippen LogP contribution in [0.25, 0.3) is 0 Å². The summed E-state index contributed by atoms with van der Waals surface area (Å²) < 4.78 is -0.0474. The Labute approximate surface area is 179 Å². The van der Waals surface area contributed by atoms with Gasteiger partial charge in [-0.15, -0.1) is 0 Å². The van der Waals surface area contributed by atoms with Gasteiger partial charge in [-0.05, 0) is 45.4 Å². The molecule has 0 radical (unpaired) electrons. The Hall–Kier alpha value is -1.20. The van der Waals surface area contributed by atoms with Gasteiger partial charge in [0.25, 0.3) is 0 Å². The highest BCUT2D eigenvalue weighted by Gasteiger charge is 2.09. The number of hydroxylamine groups is 3. The van der Waals surface area contributed by atoms with Crippen LogP contribution in [0.3, 0.4) is 0 Å². The molecule has 0 atom stereocenters. The number of ketones is 1. The molecule has 0 saturated heterocycles. The SMILES string of the molecule is CC(=O)CCCCCCC/C=C/CCCCCCCC(=O)NCCC[N+](C)(C)O. The third kappa shape index (κ3) is 24.8. The Balaban J connectivity index is 3.27. The van der Waals surface area contributed by atoms with Crippen LogP contribution in [0, 0.1) is 0 Å². The first kappa shape index (κ1) is 27.8. The summed E-state index contributed by atoms with van der Waals surface area (Å²) in [6.07, 6.45) is 20.9. The topological polar surface area (TPSA) is 66.4 Å². The molecule has 0 saturated carbocycles. The van der Waals surface area contributed by atoms with Crippen molar-refractivity contribution in [1.82, 2.24) is 5.32 Å². The van der Waals surface area contributed by atoms with Crippen LogP contribution in [-0.4, -0.2) is 48.7 Å². The molecule has 0 aromatic rings. The Morgan fingerprint density at radius 1 is 0.759 bits per heavy atom. The summed E-state index contributed by atoms with van der Waals surface area (Å²) in [5.74, 6) is 0.447. The lowest BCUT2D eigenvalue weighted by atomic mass is 10.1. The summed E-state index contributed by atoms with van der Waals surface area (Å²) in [7, 11) is 3.47. The molecule has 0 aromatic heterocycles. The van der Waals surface area contributed by atoms with Gasteiger partial charge in [0.1, 0.15) is 12.3 Å². The fourth-order valence-electron chi connectivity index (χ4n) is 3.26. The van der Waals surface area contributed by atoms with E-state index in [0.717, 1.165) is 32.1 Å². The van der Waals surface area contributed by atoms with Crippen LogP contribution in [0.2, 0.25) is 0 Å². The van der Waals surface area contributed by atoms with Gasteiger partial charge in [0.05, 0.1) is 14.1 Å². The number of carbonyl (C=O) groups is 2. The van der Waals surface area contributed by atoms with E-state index in [-0.39, 0.29) is 10.6 Å². The first-order valence-corrected chi connectivity index (χ1v) is 11.8. The number of hydrogen-bond donors (Lipinski definition) is 2. The third-order valence-electron chi connectivity index (χ3n) is 5.05. The lowest BCUT2D eigenvalue weighted by Gasteiger charge is -2.19. The van der Waals surface area contributed by atoms with Crippen molar-refractivity contribution in [3.05, 3.63) is 12.2 Å². The van der Waals surface area contributed by atoms with Crippen molar-refractivity contribution >= 4 is 11.7 Å². The number of rotatable bonds is 20. The molecule has 0 bridgehead atoms. The number of nitrogens with one attached hydrogen (secondary N) is 1. The van der Waals surface area contributed by atoms with E-state index in [2.05, 4.69) is 17.5 Å². The molecule has 1 amide bonds. The van der Waals surface area contributed by atoms with Crippen LogP contribution in [0.5, 0.6) is 0 Å². The standard InChI is InChI=1S/C24H46N2O3/c1-23(27)19-16-14-12-10-8-6-4-5-7-9-11-13-15-17-20-24(28)25-21-18-22-26(2,3)29/h4-5,29H,6-22H2,1-3H3/p+1/b5-4+. The molecule has 5 nitrogen and oxygen atoms in total. The molecular formula is C24H47N2O3+. The molecule has 0 aliphatic heterocycles. The first-order chi connectivity index (χ1) is 13.8. The minimum absolute atomic E-state index is 0.0474. The number of amides is 1. The fraction of sp³-hybridized carbons (Fsp3) is 0.833. The second kappa shape index (κ2) is 18.8. The molecule has 0 spiro atoms. The smallest absolute Gasteiger partial charge is 0.219 e. The number of carbonyl (C=O) groups excluding carboxylic acids is 2. The summed E-state index contributed by atoms with van der Waals surface area (Å²) in [6, 6.07) is 0. The molecule has 29 heavy (non-hydrogen) atoms. The van der Waals surface area contributed by atoms with Crippen LogP contribution in [0.4, 0.5) is 0 Å². The van der Waals surface area contributed by atoms with E-state index in [0.29, 0.717) is 25.3 Å². The molecule has 0 aliphatic carbocycles. The lowest BCUT2D eigenvalue weighted by Crippen LogP contribution is -2.38. The van der Waals surface area contributed by atoms with E-state index >= 15 is 0 Å². The Bertz CT molecular complexity index is 442. The first-order valence-electron chi connectivity index (χ1n) is 11.8. The molecule has 0 unspecified atom stereocenters. The number of Topliss-reactive ketones (excluding diaryl/α,β-unsaturated/α-hetero) is 1. The second-order valence-electron chi connectivity index (χ2n) is 8.83. The highest BCUT2D eigenvalue weighted by molar-refractivity contribution is 5.75. The molecule has 0 aromatic carbocycles. The van der Waals surface area contributed by atoms with Gasteiger partial charge in [0, 0.05) is 25.8 Å². The molecule has 0 rings (SSSR count). The second-order valence-corrected chi connectivity index (χ2v) is 8.83. The van der Waals surface area contributed by atoms with Crippen LogP contribution >= 0.6 is 0 Å². The van der Waals surface area contributed by atoms with E-state index in [1.54, 1.807) is 21.0 Å². The van der Waals surface area contributed by atoms with Crippen LogP contribution < -0.4 is 5.32 Å². The number of quaternary nitrogens is 1. The molecule has 170 valence electrons. The van der Waals surface area contributed by atoms with Crippen molar-refractivity contribution in [2.24, 2.45) is 0 Å². The number of allylic oxidation sites excluding steroid dienone is 2. The number of unbranched alkanes of at least 4 members (excludes halogenated alkanes) is 10. The zero-order valence-electron chi connectivity index (χ0n) is 19.4. The Kier molecular flexibility index (Phi) is 18.0. The number of hydrogen-bond acceptors (Lipinski definition) is 3. The van der Waals surface area contributed by atoms with Crippen LogP contribution in [0.15, 0.2) is 12.2 Å². The lowest BCUT2D eigenvalue weighted by molar-refractivity contribution is -1.07. The van der Waals surface area contributed by atoms with E-state index in [1.807, 2.05) is 0 Å². The Morgan fingerprint density at radius 3 is 1.76 bits per heavy atom. The van der Waals surface area contributed by atoms with Gasteiger partial charge in [0.15, 0.2) is 0 Å². The van der Waals surface area contributed by atoms with E-state index in [9.17, 15) is 14.8 Å². The largest absolute Gasteiger partial charge is 0.356 e. The van der Waals surface area contributed by atoms with Crippen LogP contribution in [-0.2, 0) is 9.59 Å². The Morgan fingerprint density at radius 2 is 1.24 bits per heavy atom. The minimum Gasteiger partial charge on any atom is -0.356 e. The molecular weight excluding hydrogens is 364 g/mol. The van der Waals surface area contributed by atoms with Crippen molar-refractivity contribution in [1.29, 1.82) is 0 Å². The normalized spacial score (nSPS) is 11.9. The highest BCUT2D eigenvalue weighted by atomic mass is 16.5. The van der Waals surface area contributed by atoms with Gasteiger partial charge in [0.2, 0.25) is 5.91 Å². The minimum atomic E-state index is -0.0474. The zero-order valence-corrected chi connectivity index (χ0v) is 19.4. The monoisotopic (exact) mass is 411 g/mol. The summed E-state index contributed by atoms with van der Waals surface area (Å²) in [5, 5.41) is 12.5. The summed E-state index contributed by atoms with van der Waals surface area (Å²) in [4.78, 5) is 22.6. The van der Waals surface area contributed by atoms with Gasteiger partial charge >= 0.3 is 0 Å². The molecule has 0 fully saturated rings. The maximum Gasteiger partial charge on any atom is 0.219 e. The summed E-state index contributed by atoms with van der Waals surface area (Å²) in [6.45, 7) is 2.97. The van der Waals surface area contributed by atoms with Crippen molar-refractivity contribution in [2.75, 3.05) is 27.2 Å².